The molecule has 0 radical (unpaired) electrons. The molecule has 0 saturated heterocycles. The molecule has 0 saturated carbocycles. The number of carboxylic acid groups (broad SMARTS) is 1. The van der Waals surface area contributed by atoms with E-state index in [2.05, 4.69) is 17.0 Å². The lowest BCUT2D eigenvalue weighted by Crippen LogP contribution is -2.07. The van der Waals surface area contributed by atoms with E-state index < -0.39 is 5.97 Å². The van der Waals surface area contributed by atoms with Crippen molar-refractivity contribution in [2.24, 2.45) is 0 Å². The molecule has 0 aromatic carbocycles. The highest BCUT2D eigenvalue weighted by Crippen LogP contribution is 2.33. The third-order valence-electron chi connectivity index (χ3n) is 4.02. The highest BCUT2D eigenvalue weighted by Gasteiger charge is 2.18. The second-order valence-corrected chi connectivity index (χ2v) is 6.14. The number of aliphatic carboxylic acids is 1. The normalized spacial score (nSPS) is 11.5. The van der Waals surface area contributed by atoms with Crippen LogP contribution in [-0.4, -0.2) is 32.8 Å². The minimum absolute atomic E-state index is 0.248. The van der Waals surface area contributed by atoms with Crippen molar-refractivity contribution in [3.63, 3.8) is 0 Å². The molecule has 3 aromatic heterocycles. The van der Waals surface area contributed by atoms with Gasteiger partial charge in [0.25, 0.3) is 0 Å². The molecule has 0 aliphatic heterocycles. The van der Waals surface area contributed by atoms with Gasteiger partial charge in [-0.05, 0) is 30.7 Å². The lowest BCUT2D eigenvalue weighted by Gasteiger charge is -2.15. The number of carboxylic acids is 1. The maximum Gasteiger partial charge on any atom is 0.328 e. The van der Waals surface area contributed by atoms with Gasteiger partial charge in [0.1, 0.15) is 0 Å². The average Bonchev–Trinajstić information content (AvgIpc) is 3.02. The first-order valence-corrected chi connectivity index (χ1v) is 8.47. The van der Waals surface area contributed by atoms with Gasteiger partial charge < -0.3 is 9.84 Å². The van der Waals surface area contributed by atoms with Crippen molar-refractivity contribution < 1.29 is 14.6 Å². The van der Waals surface area contributed by atoms with E-state index in [1.165, 1.54) is 0 Å². The van der Waals surface area contributed by atoms with Crippen molar-refractivity contribution in [1.82, 2.24) is 14.6 Å². The van der Waals surface area contributed by atoms with Crippen molar-refractivity contribution in [1.29, 1.82) is 0 Å². The fourth-order valence-electron chi connectivity index (χ4n) is 2.93. The van der Waals surface area contributed by atoms with Crippen LogP contribution in [0.2, 0.25) is 5.02 Å². The maximum atomic E-state index is 11.1. The Balaban J connectivity index is 2.40. The number of carbonyl (C=O) groups is 1. The topological polar surface area (TPSA) is 76.7 Å². The first-order valence-electron chi connectivity index (χ1n) is 8.09. The van der Waals surface area contributed by atoms with Crippen molar-refractivity contribution >= 4 is 29.2 Å². The van der Waals surface area contributed by atoms with Gasteiger partial charge in [-0.3, -0.25) is 4.98 Å². The lowest BCUT2D eigenvalue weighted by atomic mass is 9.99. The number of hydrogen-bond donors (Lipinski definition) is 1. The third-order valence-corrected chi connectivity index (χ3v) is 4.23. The molecule has 134 valence electrons. The van der Waals surface area contributed by atoms with E-state index in [1.54, 1.807) is 31.6 Å². The van der Waals surface area contributed by atoms with Crippen LogP contribution in [0.4, 0.5) is 0 Å². The quantitative estimate of drug-likeness (QED) is 0.666. The monoisotopic (exact) mass is 371 g/mol. The molecule has 0 aliphatic rings. The van der Waals surface area contributed by atoms with Gasteiger partial charge in [0.15, 0.2) is 0 Å². The van der Waals surface area contributed by atoms with Crippen LogP contribution in [0.5, 0.6) is 0 Å². The number of pyridine rings is 1. The van der Waals surface area contributed by atoms with E-state index in [-0.39, 0.29) is 6.61 Å². The Hall–Kier alpha value is -2.70. The van der Waals surface area contributed by atoms with E-state index in [4.69, 9.17) is 21.4 Å². The van der Waals surface area contributed by atoms with E-state index >= 15 is 0 Å². The predicted octanol–water partition coefficient (Wildman–Crippen LogP) is 3.86. The number of hydrogen-bond acceptors (Lipinski definition) is 4. The van der Waals surface area contributed by atoms with Gasteiger partial charge in [-0.25, -0.2) is 9.31 Å². The summed E-state index contributed by atoms with van der Waals surface area (Å²) >= 11 is 6.14. The molecular formula is C19H18ClN3O3. The predicted molar refractivity (Wildman–Crippen MR) is 100 cm³/mol. The van der Waals surface area contributed by atoms with Gasteiger partial charge in [-0.1, -0.05) is 18.5 Å². The van der Waals surface area contributed by atoms with Gasteiger partial charge in [0.2, 0.25) is 0 Å². The molecular weight excluding hydrogens is 354 g/mol. The number of ether oxygens (including phenoxy) is 1. The minimum atomic E-state index is -1.03. The Bertz CT molecular complexity index is 995. The van der Waals surface area contributed by atoms with Crippen molar-refractivity contribution in [3.05, 3.63) is 58.6 Å². The highest BCUT2D eigenvalue weighted by molar-refractivity contribution is 6.30. The van der Waals surface area contributed by atoms with Crippen molar-refractivity contribution in [3.8, 4) is 11.1 Å². The van der Waals surface area contributed by atoms with Gasteiger partial charge >= 0.3 is 5.97 Å². The van der Waals surface area contributed by atoms with Gasteiger partial charge in [-0.15, -0.1) is 0 Å². The van der Waals surface area contributed by atoms with Crippen molar-refractivity contribution in [2.75, 3.05) is 7.11 Å². The van der Waals surface area contributed by atoms with Gasteiger partial charge in [0.05, 0.1) is 22.8 Å². The second-order valence-electron chi connectivity index (χ2n) is 5.71. The zero-order valence-corrected chi connectivity index (χ0v) is 15.2. The molecule has 1 N–H and O–H groups in total. The summed E-state index contributed by atoms with van der Waals surface area (Å²) in [5.41, 5.74) is 4.82. The fourth-order valence-corrected chi connectivity index (χ4v) is 3.11. The molecule has 6 nitrogen and oxygen atoms in total. The molecule has 3 heterocycles. The third kappa shape index (κ3) is 3.47. The van der Waals surface area contributed by atoms with Crippen LogP contribution in [0.1, 0.15) is 23.9 Å². The van der Waals surface area contributed by atoms with E-state index in [0.717, 1.165) is 34.8 Å². The largest absolute Gasteiger partial charge is 0.478 e. The number of fused-ring (bicyclic) bond motifs is 1. The van der Waals surface area contributed by atoms with Crippen molar-refractivity contribution in [2.45, 2.75) is 20.0 Å². The van der Waals surface area contributed by atoms with Crippen LogP contribution >= 0.6 is 11.6 Å². The van der Waals surface area contributed by atoms with Crippen LogP contribution in [-0.2, 0) is 22.6 Å². The Labute approximate surface area is 155 Å². The van der Waals surface area contributed by atoms with E-state index in [0.29, 0.717) is 16.3 Å². The summed E-state index contributed by atoms with van der Waals surface area (Å²) in [6.45, 7) is 2.30. The Morgan fingerprint density at radius 1 is 1.38 bits per heavy atom. The number of rotatable bonds is 6. The number of halogens is 1. The number of aromatic nitrogens is 3. The molecule has 0 amide bonds. The summed E-state index contributed by atoms with van der Waals surface area (Å²) in [6.07, 6.45) is 6.71. The standard InChI is InChI=1S/C19H18ClN3O3/c1-3-14-4-6-17-19(12-8-13(20)10-21-9-12)15(5-7-18(24)25)16(11-26-2)22-23(14)17/h4-10H,3,11H2,1-2H3,(H,24,25). The number of aryl methyl sites for hydroxylation is 1. The highest BCUT2D eigenvalue weighted by atomic mass is 35.5. The summed E-state index contributed by atoms with van der Waals surface area (Å²) in [6, 6.07) is 5.78. The molecule has 0 atom stereocenters. The SMILES string of the molecule is CCc1ccc2c(-c3cncc(Cl)c3)c(C=CC(=O)O)c(COC)nn12. The first-order chi connectivity index (χ1) is 12.5. The average molecular weight is 372 g/mol. The van der Waals surface area contributed by atoms with Crippen LogP contribution in [0.3, 0.4) is 0 Å². The van der Waals surface area contributed by atoms with Gasteiger partial charge in [-0.2, -0.15) is 5.10 Å². The maximum absolute atomic E-state index is 11.1. The minimum Gasteiger partial charge on any atom is -0.478 e. The number of nitrogens with zero attached hydrogens (tertiary/aromatic N) is 3. The summed E-state index contributed by atoms with van der Waals surface area (Å²) in [7, 11) is 1.58. The Kier molecular flexibility index (Phi) is 5.35. The summed E-state index contributed by atoms with van der Waals surface area (Å²) < 4.78 is 7.15. The molecule has 0 aliphatic carbocycles. The molecule has 0 bridgehead atoms. The Morgan fingerprint density at radius 3 is 2.85 bits per heavy atom. The summed E-state index contributed by atoms with van der Waals surface area (Å²) in [4.78, 5) is 15.3. The van der Waals surface area contributed by atoms with Crippen LogP contribution < -0.4 is 0 Å². The molecule has 0 fully saturated rings. The first kappa shape index (κ1) is 18.1. The molecule has 3 aromatic rings. The molecule has 0 unspecified atom stereocenters. The summed E-state index contributed by atoms with van der Waals surface area (Å²) in [5, 5.41) is 14.3. The lowest BCUT2D eigenvalue weighted by molar-refractivity contribution is -0.131. The van der Waals surface area contributed by atoms with Crippen LogP contribution in [0, 0.1) is 0 Å². The zero-order chi connectivity index (χ0) is 18.7. The second kappa shape index (κ2) is 7.68. The molecule has 7 heteroatoms. The smallest absolute Gasteiger partial charge is 0.328 e. The Morgan fingerprint density at radius 2 is 2.19 bits per heavy atom. The van der Waals surface area contributed by atoms with E-state index in [1.807, 2.05) is 16.6 Å². The number of methoxy groups -OCH3 is 1. The van der Waals surface area contributed by atoms with Crippen LogP contribution in [0.15, 0.2) is 36.7 Å². The molecule has 3 rings (SSSR count). The molecule has 26 heavy (non-hydrogen) atoms. The zero-order valence-electron chi connectivity index (χ0n) is 14.4. The fraction of sp³-hybridized carbons (Fsp3) is 0.211. The van der Waals surface area contributed by atoms with Gasteiger partial charge in [0, 0.05) is 48.0 Å². The molecule has 0 spiro atoms. The summed E-state index contributed by atoms with van der Waals surface area (Å²) in [5.74, 6) is -1.03. The van der Waals surface area contributed by atoms with E-state index in [9.17, 15) is 4.79 Å². The van der Waals surface area contributed by atoms with Crippen LogP contribution in [0.25, 0.3) is 22.7 Å².